The lowest BCUT2D eigenvalue weighted by Gasteiger charge is -2.25. The molecule has 0 amide bonds. The summed E-state index contributed by atoms with van der Waals surface area (Å²) in [5.41, 5.74) is 2.41. The Kier molecular flexibility index (Phi) is 3.33. The predicted molar refractivity (Wildman–Crippen MR) is 71.7 cm³/mol. The molecule has 5 heteroatoms. The maximum absolute atomic E-state index is 10.7. The number of carbonyl (C=O) groups is 1. The summed E-state index contributed by atoms with van der Waals surface area (Å²) in [5, 5.41) is 16.2. The number of hydrogen-bond acceptors (Lipinski definition) is 4. The van der Waals surface area contributed by atoms with Gasteiger partial charge in [-0.1, -0.05) is 24.3 Å². The van der Waals surface area contributed by atoms with E-state index in [0.717, 1.165) is 19.3 Å². The molecule has 0 bridgehead atoms. The van der Waals surface area contributed by atoms with Gasteiger partial charge in [-0.2, -0.15) is 0 Å². The number of ether oxygens (including phenoxy) is 1. The molecule has 2 aromatic rings. The zero-order chi connectivity index (χ0) is 13.9. The molecule has 0 fully saturated rings. The van der Waals surface area contributed by atoms with Gasteiger partial charge in [0.15, 0.2) is 5.69 Å². The molecule has 0 spiro atoms. The van der Waals surface area contributed by atoms with Crippen molar-refractivity contribution in [2.24, 2.45) is 0 Å². The summed E-state index contributed by atoms with van der Waals surface area (Å²) in [6.07, 6.45) is 3.03. The number of aromatic carboxylic acids is 1. The molecule has 102 valence electrons. The summed E-state index contributed by atoms with van der Waals surface area (Å²) in [6.45, 7) is 0. The molecule has 1 heterocycles. The molecule has 1 aromatic carbocycles. The van der Waals surface area contributed by atoms with Crippen molar-refractivity contribution < 1.29 is 14.6 Å². The summed E-state index contributed by atoms with van der Waals surface area (Å²) >= 11 is 0. The molecule has 1 N–H and O–H groups in total. The maximum atomic E-state index is 10.7. The van der Waals surface area contributed by atoms with Gasteiger partial charge in [-0.25, -0.2) is 4.79 Å². The van der Waals surface area contributed by atoms with E-state index in [1.54, 1.807) is 6.07 Å². The molecule has 20 heavy (non-hydrogen) atoms. The van der Waals surface area contributed by atoms with Crippen LogP contribution in [-0.2, 0) is 6.42 Å². The van der Waals surface area contributed by atoms with Crippen LogP contribution in [0.25, 0.3) is 0 Å². The van der Waals surface area contributed by atoms with Gasteiger partial charge < -0.3 is 9.84 Å². The maximum Gasteiger partial charge on any atom is 0.356 e. The number of carboxylic acids is 1. The van der Waals surface area contributed by atoms with Crippen molar-refractivity contribution >= 4 is 5.97 Å². The largest absolute Gasteiger partial charge is 0.476 e. The SMILES string of the molecule is O=C(O)c1ccc(OC2CCCc3ccccc32)nn1. The average molecular weight is 270 g/mol. The molecule has 0 radical (unpaired) electrons. The Labute approximate surface area is 116 Å². The third kappa shape index (κ3) is 2.47. The minimum atomic E-state index is -1.09. The van der Waals surface area contributed by atoms with E-state index in [1.165, 1.54) is 17.2 Å². The lowest BCUT2D eigenvalue weighted by molar-refractivity contribution is 0.0688. The van der Waals surface area contributed by atoms with E-state index in [2.05, 4.69) is 22.3 Å². The zero-order valence-electron chi connectivity index (χ0n) is 10.8. The Balaban J connectivity index is 1.80. The number of aromatic nitrogens is 2. The van der Waals surface area contributed by atoms with Crippen molar-refractivity contribution in [3.63, 3.8) is 0 Å². The quantitative estimate of drug-likeness (QED) is 0.928. The number of nitrogens with zero attached hydrogens (tertiary/aromatic N) is 2. The Morgan fingerprint density at radius 1 is 1.20 bits per heavy atom. The molecule has 3 rings (SSSR count). The standard InChI is InChI=1S/C15H14N2O3/c18-15(19)12-8-9-14(17-16-12)20-13-7-3-5-10-4-1-2-6-11(10)13/h1-2,4,6,8-9,13H,3,5,7H2,(H,18,19). The molecule has 1 unspecified atom stereocenters. The highest BCUT2D eigenvalue weighted by atomic mass is 16.5. The first-order chi connectivity index (χ1) is 9.74. The predicted octanol–water partition coefficient (Wildman–Crippen LogP) is 2.63. The Hall–Kier alpha value is -2.43. The van der Waals surface area contributed by atoms with Crippen molar-refractivity contribution in [1.82, 2.24) is 10.2 Å². The monoisotopic (exact) mass is 270 g/mol. The molecule has 1 aliphatic rings. The van der Waals surface area contributed by atoms with Gasteiger partial charge in [-0.3, -0.25) is 0 Å². The third-order valence-corrected chi connectivity index (χ3v) is 3.44. The van der Waals surface area contributed by atoms with Gasteiger partial charge in [-0.15, -0.1) is 10.2 Å². The summed E-state index contributed by atoms with van der Waals surface area (Å²) < 4.78 is 5.85. The first-order valence-corrected chi connectivity index (χ1v) is 6.55. The lowest BCUT2D eigenvalue weighted by atomic mass is 9.89. The lowest BCUT2D eigenvalue weighted by Crippen LogP contribution is -2.16. The fraction of sp³-hybridized carbons (Fsp3) is 0.267. The number of rotatable bonds is 3. The van der Waals surface area contributed by atoms with E-state index in [1.807, 2.05) is 12.1 Å². The van der Waals surface area contributed by atoms with E-state index in [-0.39, 0.29) is 11.8 Å². The van der Waals surface area contributed by atoms with Crippen LogP contribution in [0, 0.1) is 0 Å². The van der Waals surface area contributed by atoms with Gasteiger partial charge in [0.05, 0.1) is 0 Å². The fourth-order valence-electron chi connectivity index (χ4n) is 2.47. The van der Waals surface area contributed by atoms with Gasteiger partial charge in [0.1, 0.15) is 6.10 Å². The first-order valence-electron chi connectivity index (χ1n) is 6.55. The highest BCUT2D eigenvalue weighted by molar-refractivity contribution is 5.84. The van der Waals surface area contributed by atoms with Crippen LogP contribution in [0.3, 0.4) is 0 Å². The van der Waals surface area contributed by atoms with Crippen molar-refractivity contribution in [1.29, 1.82) is 0 Å². The zero-order valence-corrected chi connectivity index (χ0v) is 10.8. The topological polar surface area (TPSA) is 72.3 Å². The molecular weight excluding hydrogens is 256 g/mol. The van der Waals surface area contributed by atoms with Crippen LogP contribution in [0.2, 0.25) is 0 Å². The van der Waals surface area contributed by atoms with Gasteiger partial charge >= 0.3 is 5.97 Å². The Bertz CT molecular complexity index is 625. The second kappa shape index (κ2) is 5.28. The number of fused-ring (bicyclic) bond motifs is 1. The van der Waals surface area contributed by atoms with Crippen LogP contribution in [0.15, 0.2) is 36.4 Å². The highest BCUT2D eigenvalue weighted by Crippen LogP contribution is 2.32. The van der Waals surface area contributed by atoms with Gasteiger partial charge in [-0.05, 0) is 36.5 Å². The van der Waals surface area contributed by atoms with Crippen molar-refractivity contribution in [2.45, 2.75) is 25.4 Å². The number of aryl methyl sites for hydroxylation is 1. The minimum absolute atomic E-state index is 0.0371. The normalized spacial score (nSPS) is 17.3. The third-order valence-electron chi connectivity index (χ3n) is 3.44. The minimum Gasteiger partial charge on any atom is -0.476 e. The summed E-state index contributed by atoms with van der Waals surface area (Å²) in [4.78, 5) is 10.7. The molecule has 0 saturated carbocycles. The Morgan fingerprint density at radius 2 is 2.05 bits per heavy atom. The van der Waals surface area contributed by atoms with Crippen molar-refractivity contribution in [2.75, 3.05) is 0 Å². The first kappa shape index (κ1) is 12.6. The van der Waals surface area contributed by atoms with E-state index in [9.17, 15) is 4.79 Å². The molecule has 1 aromatic heterocycles. The highest BCUT2D eigenvalue weighted by Gasteiger charge is 2.21. The van der Waals surface area contributed by atoms with Crippen LogP contribution in [0.1, 0.15) is 40.6 Å². The summed E-state index contributed by atoms with van der Waals surface area (Å²) in [7, 11) is 0. The molecule has 0 saturated heterocycles. The van der Waals surface area contributed by atoms with Gasteiger partial charge in [0.2, 0.25) is 5.88 Å². The summed E-state index contributed by atoms with van der Waals surface area (Å²) in [5.74, 6) is -0.733. The number of benzene rings is 1. The van der Waals surface area contributed by atoms with E-state index >= 15 is 0 Å². The van der Waals surface area contributed by atoms with E-state index in [0.29, 0.717) is 5.88 Å². The van der Waals surface area contributed by atoms with E-state index < -0.39 is 5.97 Å². The van der Waals surface area contributed by atoms with Crippen LogP contribution in [0.4, 0.5) is 0 Å². The molecule has 1 atom stereocenters. The number of hydrogen-bond donors (Lipinski definition) is 1. The molecule has 1 aliphatic carbocycles. The smallest absolute Gasteiger partial charge is 0.356 e. The average Bonchev–Trinajstić information content (AvgIpc) is 2.48. The van der Waals surface area contributed by atoms with Gasteiger partial charge in [0, 0.05) is 6.07 Å². The molecular formula is C15H14N2O3. The van der Waals surface area contributed by atoms with Crippen LogP contribution in [0.5, 0.6) is 5.88 Å². The summed E-state index contributed by atoms with van der Waals surface area (Å²) in [6, 6.07) is 11.2. The molecule has 0 aliphatic heterocycles. The van der Waals surface area contributed by atoms with Crippen molar-refractivity contribution in [3.8, 4) is 5.88 Å². The Morgan fingerprint density at radius 3 is 2.80 bits per heavy atom. The fourth-order valence-corrected chi connectivity index (χ4v) is 2.47. The van der Waals surface area contributed by atoms with E-state index in [4.69, 9.17) is 9.84 Å². The van der Waals surface area contributed by atoms with Crippen molar-refractivity contribution in [3.05, 3.63) is 53.2 Å². The second-order valence-corrected chi connectivity index (χ2v) is 4.76. The van der Waals surface area contributed by atoms with Crippen LogP contribution >= 0.6 is 0 Å². The molecule has 5 nitrogen and oxygen atoms in total. The van der Waals surface area contributed by atoms with Crippen LogP contribution in [-0.4, -0.2) is 21.3 Å². The second-order valence-electron chi connectivity index (χ2n) is 4.76. The van der Waals surface area contributed by atoms with Gasteiger partial charge in [0.25, 0.3) is 0 Å². The van der Waals surface area contributed by atoms with Crippen LogP contribution < -0.4 is 4.74 Å². The number of carboxylic acid groups (broad SMARTS) is 1.